The van der Waals surface area contributed by atoms with Crippen LogP contribution in [0.5, 0.6) is 0 Å². The molecule has 3 heteroatoms. The van der Waals surface area contributed by atoms with Crippen LogP contribution in [0.1, 0.15) is 32.4 Å². The van der Waals surface area contributed by atoms with Crippen molar-refractivity contribution in [3.05, 3.63) is 18.5 Å². The molecule has 0 saturated carbocycles. The molecule has 0 bridgehead atoms. The molecule has 1 heterocycles. The molecule has 0 unspecified atom stereocenters. The average Bonchev–Trinajstić information content (AvgIpc) is 2.32. The summed E-state index contributed by atoms with van der Waals surface area (Å²) in [6, 6.07) is 0. The van der Waals surface area contributed by atoms with Crippen molar-refractivity contribution in [2.45, 2.75) is 26.7 Å². The fourth-order valence-corrected chi connectivity index (χ4v) is 0.933. The van der Waals surface area contributed by atoms with Gasteiger partial charge in [0.2, 0.25) is 0 Å². The molecule has 0 aromatic carbocycles. The fraction of sp³-hybridized carbons (Fsp3) is 0.500. The first kappa shape index (κ1) is 7.98. The maximum absolute atomic E-state index is 3.90. The van der Waals surface area contributed by atoms with Crippen molar-refractivity contribution in [2.24, 2.45) is 0 Å². The molecule has 0 saturated heterocycles. The minimum atomic E-state index is 0.446. The molecule has 1 rings (SSSR count). The molecule has 0 aliphatic rings. The Kier molecular flexibility index (Phi) is 2.08. The van der Waals surface area contributed by atoms with Gasteiger partial charge in [-0.3, -0.25) is 0 Å². The quantitative estimate of drug-likeness (QED) is 0.646. The second-order valence-corrected chi connectivity index (χ2v) is 2.96. The second kappa shape index (κ2) is 2.86. The van der Waals surface area contributed by atoms with Crippen LogP contribution in [-0.4, -0.2) is 15.0 Å². The van der Waals surface area contributed by atoms with Crippen LogP contribution < -0.4 is 0 Å². The molecule has 0 fully saturated rings. The lowest BCUT2D eigenvalue weighted by atomic mass is 10.1. The number of hydrogen-bond donors (Lipinski definition) is 0. The molecule has 0 atom stereocenters. The van der Waals surface area contributed by atoms with E-state index in [1.165, 1.54) is 0 Å². The van der Waals surface area contributed by atoms with E-state index < -0.39 is 0 Å². The molecular formula is C8H13N3. The average molecular weight is 151 g/mol. The van der Waals surface area contributed by atoms with Crippen LogP contribution >= 0.6 is 0 Å². The molecule has 3 nitrogen and oxygen atoms in total. The molecule has 0 N–H and O–H groups in total. The molecule has 11 heavy (non-hydrogen) atoms. The summed E-state index contributed by atoms with van der Waals surface area (Å²) >= 11 is 0. The maximum Gasteiger partial charge on any atom is 0.0732 e. The summed E-state index contributed by atoms with van der Waals surface area (Å²) in [4.78, 5) is 0. The molecular weight excluding hydrogens is 138 g/mol. The Balaban J connectivity index is 3.06. The Morgan fingerprint density at radius 3 is 2.64 bits per heavy atom. The normalized spacial score (nSPS) is 10.5. The van der Waals surface area contributed by atoms with E-state index in [0.29, 0.717) is 5.92 Å². The molecule has 1 aromatic rings. The van der Waals surface area contributed by atoms with Crippen molar-refractivity contribution in [1.29, 1.82) is 0 Å². The Bertz CT molecular complexity index is 260. The van der Waals surface area contributed by atoms with E-state index >= 15 is 0 Å². The van der Waals surface area contributed by atoms with E-state index in [4.69, 9.17) is 0 Å². The lowest BCUT2D eigenvalue weighted by Gasteiger charge is -2.06. The summed E-state index contributed by atoms with van der Waals surface area (Å²) in [5, 5.41) is 7.72. The van der Waals surface area contributed by atoms with E-state index in [0.717, 1.165) is 11.4 Å². The highest BCUT2D eigenvalue weighted by Gasteiger charge is 2.06. The van der Waals surface area contributed by atoms with Crippen molar-refractivity contribution in [3.8, 4) is 0 Å². The SMILES string of the molecule is C=C(C)n1nncc1C(C)C. The Morgan fingerprint density at radius 1 is 1.64 bits per heavy atom. The molecule has 60 valence electrons. The lowest BCUT2D eigenvalue weighted by molar-refractivity contribution is 0.725. The molecule has 0 aliphatic heterocycles. The zero-order valence-electron chi connectivity index (χ0n) is 7.20. The largest absolute Gasteiger partial charge is 0.222 e. The van der Waals surface area contributed by atoms with Gasteiger partial charge in [-0.2, -0.15) is 0 Å². The van der Waals surface area contributed by atoms with E-state index in [9.17, 15) is 0 Å². The van der Waals surface area contributed by atoms with Crippen LogP contribution in [-0.2, 0) is 0 Å². The highest BCUT2D eigenvalue weighted by molar-refractivity contribution is 5.37. The first-order valence-electron chi connectivity index (χ1n) is 3.69. The number of rotatable bonds is 2. The summed E-state index contributed by atoms with van der Waals surface area (Å²) in [6.45, 7) is 9.94. The van der Waals surface area contributed by atoms with Crippen LogP contribution in [0.15, 0.2) is 12.8 Å². The van der Waals surface area contributed by atoms with Gasteiger partial charge in [0.1, 0.15) is 0 Å². The highest BCUT2D eigenvalue weighted by Crippen LogP contribution is 2.14. The maximum atomic E-state index is 3.90. The Hall–Kier alpha value is -1.12. The van der Waals surface area contributed by atoms with Crippen molar-refractivity contribution in [3.63, 3.8) is 0 Å². The summed E-state index contributed by atoms with van der Waals surface area (Å²) in [7, 11) is 0. The Labute approximate surface area is 66.7 Å². The summed E-state index contributed by atoms with van der Waals surface area (Å²) in [5.41, 5.74) is 2.02. The van der Waals surface area contributed by atoms with Crippen LogP contribution in [0, 0.1) is 0 Å². The van der Waals surface area contributed by atoms with Crippen LogP contribution in [0.3, 0.4) is 0 Å². The minimum absolute atomic E-state index is 0.446. The van der Waals surface area contributed by atoms with Gasteiger partial charge in [-0.25, -0.2) is 4.68 Å². The first-order valence-corrected chi connectivity index (χ1v) is 3.69. The topological polar surface area (TPSA) is 30.7 Å². The van der Waals surface area contributed by atoms with Crippen LogP contribution in [0.2, 0.25) is 0 Å². The van der Waals surface area contributed by atoms with Gasteiger partial charge in [0.25, 0.3) is 0 Å². The number of hydrogen-bond acceptors (Lipinski definition) is 2. The molecule has 0 radical (unpaired) electrons. The van der Waals surface area contributed by atoms with Crippen molar-refractivity contribution in [1.82, 2.24) is 15.0 Å². The van der Waals surface area contributed by atoms with Gasteiger partial charge in [-0.1, -0.05) is 25.6 Å². The van der Waals surface area contributed by atoms with E-state index in [-0.39, 0.29) is 0 Å². The molecule has 0 spiro atoms. The molecule has 0 amide bonds. The van der Waals surface area contributed by atoms with Crippen molar-refractivity contribution in [2.75, 3.05) is 0 Å². The Morgan fingerprint density at radius 2 is 2.27 bits per heavy atom. The summed E-state index contributed by atoms with van der Waals surface area (Å²) in [5.74, 6) is 0.446. The van der Waals surface area contributed by atoms with Gasteiger partial charge < -0.3 is 0 Å². The number of nitrogens with zero attached hydrogens (tertiary/aromatic N) is 3. The highest BCUT2D eigenvalue weighted by atomic mass is 15.4. The first-order chi connectivity index (χ1) is 5.13. The third-order valence-electron chi connectivity index (χ3n) is 1.53. The smallest absolute Gasteiger partial charge is 0.0732 e. The standard InChI is InChI=1S/C8H13N3/c1-6(2)8-5-9-10-11(8)7(3)4/h5-6H,3H2,1-2,4H3. The zero-order valence-corrected chi connectivity index (χ0v) is 7.20. The number of allylic oxidation sites excluding steroid dienone is 1. The van der Waals surface area contributed by atoms with Crippen LogP contribution in [0.25, 0.3) is 5.70 Å². The third-order valence-corrected chi connectivity index (χ3v) is 1.53. The van der Waals surface area contributed by atoms with E-state index in [2.05, 4.69) is 30.7 Å². The number of aromatic nitrogens is 3. The van der Waals surface area contributed by atoms with E-state index in [1.807, 2.05) is 6.92 Å². The predicted octanol–water partition coefficient (Wildman–Crippen LogP) is 1.89. The molecule has 0 aliphatic carbocycles. The van der Waals surface area contributed by atoms with Gasteiger partial charge >= 0.3 is 0 Å². The monoisotopic (exact) mass is 151 g/mol. The fourth-order valence-electron chi connectivity index (χ4n) is 0.933. The van der Waals surface area contributed by atoms with Gasteiger partial charge in [0, 0.05) is 5.70 Å². The van der Waals surface area contributed by atoms with E-state index in [1.54, 1.807) is 10.9 Å². The predicted molar refractivity (Wildman–Crippen MR) is 45.1 cm³/mol. The van der Waals surface area contributed by atoms with Crippen molar-refractivity contribution >= 4 is 5.70 Å². The summed E-state index contributed by atoms with van der Waals surface area (Å²) in [6.07, 6.45) is 1.78. The third kappa shape index (κ3) is 1.48. The van der Waals surface area contributed by atoms with Crippen LogP contribution in [0.4, 0.5) is 0 Å². The second-order valence-electron chi connectivity index (χ2n) is 2.96. The van der Waals surface area contributed by atoms with Crippen molar-refractivity contribution < 1.29 is 0 Å². The van der Waals surface area contributed by atoms with Gasteiger partial charge in [-0.15, -0.1) is 5.10 Å². The molecule has 1 aromatic heterocycles. The minimum Gasteiger partial charge on any atom is -0.222 e. The van der Waals surface area contributed by atoms with Gasteiger partial charge in [0.05, 0.1) is 11.9 Å². The van der Waals surface area contributed by atoms with Gasteiger partial charge in [0.15, 0.2) is 0 Å². The summed E-state index contributed by atoms with van der Waals surface area (Å²) < 4.78 is 1.77. The van der Waals surface area contributed by atoms with Gasteiger partial charge in [-0.05, 0) is 12.8 Å². The zero-order chi connectivity index (χ0) is 8.43. The lowest BCUT2D eigenvalue weighted by Crippen LogP contribution is -2.02.